The van der Waals surface area contributed by atoms with Crippen molar-refractivity contribution in [3.8, 4) is 11.4 Å². The smallest absolute Gasteiger partial charge is 0.335 e. The van der Waals surface area contributed by atoms with E-state index >= 15 is 0 Å². The van der Waals surface area contributed by atoms with Gasteiger partial charge in [-0.25, -0.2) is 9.69 Å². The van der Waals surface area contributed by atoms with E-state index in [1.165, 1.54) is 6.08 Å². The summed E-state index contributed by atoms with van der Waals surface area (Å²) in [5.74, 6) is -1.31. The number of aryl methyl sites for hydroxylation is 1. The molecular weight excluding hydrogens is 370 g/mol. The third kappa shape index (κ3) is 3.41. The predicted octanol–water partition coefficient (Wildman–Crippen LogP) is 3.16. The number of carbonyl (C=O) groups excluding carboxylic acids is 3. The van der Waals surface area contributed by atoms with Gasteiger partial charge in [0.05, 0.1) is 5.69 Å². The summed E-state index contributed by atoms with van der Waals surface area (Å²) in [7, 11) is 0. The molecule has 7 nitrogen and oxygen atoms in total. The van der Waals surface area contributed by atoms with Gasteiger partial charge in [-0.1, -0.05) is 12.1 Å². The number of aromatic nitrogens is 1. The fourth-order valence-electron chi connectivity index (χ4n) is 3.17. The number of phenolic OH excluding ortho intramolecular Hbond substituents is 1. The fraction of sp³-hybridized carbons (Fsp3) is 0.0455. The summed E-state index contributed by atoms with van der Waals surface area (Å²) in [6.45, 7) is 1.85. The molecule has 4 rings (SSSR count). The Labute approximate surface area is 166 Å². The molecule has 1 aliphatic heterocycles. The van der Waals surface area contributed by atoms with Crippen LogP contribution in [0.2, 0.25) is 0 Å². The van der Waals surface area contributed by atoms with Crippen molar-refractivity contribution >= 4 is 29.6 Å². The van der Waals surface area contributed by atoms with Crippen molar-refractivity contribution in [1.29, 1.82) is 0 Å². The average Bonchev–Trinajstić information content (AvgIpc) is 3.14. The molecule has 1 fully saturated rings. The molecule has 29 heavy (non-hydrogen) atoms. The summed E-state index contributed by atoms with van der Waals surface area (Å²) in [6.07, 6.45) is 3.22. The zero-order valence-corrected chi connectivity index (χ0v) is 15.5. The van der Waals surface area contributed by atoms with Crippen LogP contribution in [0.25, 0.3) is 11.8 Å². The largest absolute Gasteiger partial charge is 0.508 e. The molecule has 0 saturated carbocycles. The molecule has 2 N–H and O–H groups in total. The number of anilines is 1. The van der Waals surface area contributed by atoms with Gasteiger partial charge in [-0.3, -0.25) is 14.9 Å². The van der Waals surface area contributed by atoms with Crippen LogP contribution in [0.15, 0.2) is 72.4 Å². The van der Waals surface area contributed by atoms with Crippen molar-refractivity contribution in [3.05, 3.63) is 83.7 Å². The Balaban J connectivity index is 1.75. The molecule has 0 unspecified atom stereocenters. The maximum atomic E-state index is 13.0. The molecule has 0 aliphatic carbocycles. The van der Waals surface area contributed by atoms with E-state index in [1.54, 1.807) is 65.4 Å². The number of nitrogens with one attached hydrogen (secondary N) is 1. The molecule has 0 spiro atoms. The Morgan fingerprint density at radius 1 is 0.931 bits per heavy atom. The van der Waals surface area contributed by atoms with Gasteiger partial charge in [0, 0.05) is 17.6 Å². The third-order valence-electron chi connectivity index (χ3n) is 4.56. The second-order valence-electron chi connectivity index (χ2n) is 6.62. The van der Waals surface area contributed by atoms with Crippen molar-refractivity contribution in [2.45, 2.75) is 6.92 Å². The monoisotopic (exact) mass is 387 g/mol. The van der Waals surface area contributed by atoms with Crippen LogP contribution < -0.4 is 10.2 Å². The highest BCUT2D eigenvalue weighted by molar-refractivity contribution is 6.39. The quantitative estimate of drug-likeness (QED) is 0.533. The SMILES string of the molecule is Cc1cccc(N2C(=O)NC(=O)/C(=C\c3cccn3-c3ccc(O)cc3)C2=O)c1. The van der Waals surface area contributed by atoms with Gasteiger partial charge in [-0.05, 0) is 67.1 Å². The molecule has 0 bridgehead atoms. The van der Waals surface area contributed by atoms with E-state index in [4.69, 9.17) is 0 Å². The van der Waals surface area contributed by atoms with Crippen molar-refractivity contribution in [3.63, 3.8) is 0 Å². The maximum absolute atomic E-state index is 13.0. The standard InChI is InChI=1S/C22H17N3O4/c1-14-4-2-5-17(12-14)25-21(28)19(20(27)23-22(25)29)13-16-6-3-11-24(16)15-7-9-18(26)10-8-15/h2-13,26H,1H3,(H,23,27,29)/b19-13+. The Morgan fingerprint density at radius 2 is 1.69 bits per heavy atom. The molecule has 2 aromatic carbocycles. The van der Waals surface area contributed by atoms with Gasteiger partial charge in [0.25, 0.3) is 11.8 Å². The number of benzene rings is 2. The molecule has 3 aromatic rings. The number of barbiturate groups is 1. The lowest BCUT2D eigenvalue weighted by Crippen LogP contribution is -2.54. The fourth-order valence-corrected chi connectivity index (χ4v) is 3.17. The van der Waals surface area contributed by atoms with Crippen molar-refractivity contribution < 1.29 is 19.5 Å². The molecular formula is C22H17N3O4. The number of urea groups is 1. The van der Waals surface area contributed by atoms with Gasteiger partial charge >= 0.3 is 6.03 Å². The van der Waals surface area contributed by atoms with Crippen LogP contribution in [-0.4, -0.2) is 27.5 Å². The summed E-state index contributed by atoms with van der Waals surface area (Å²) >= 11 is 0. The van der Waals surface area contributed by atoms with E-state index in [1.807, 2.05) is 13.0 Å². The van der Waals surface area contributed by atoms with Crippen LogP contribution in [0.1, 0.15) is 11.3 Å². The number of amides is 4. The van der Waals surface area contributed by atoms with Gasteiger partial charge in [0.2, 0.25) is 0 Å². The number of nitrogens with zero attached hydrogens (tertiary/aromatic N) is 2. The number of hydrogen-bond donors (Lipinski definition) is 2. The molecule has 4 amide bonds. The van der Waals surface area contributed by atoms with Crippen LogP contribution in [0.5, 0.6) is 5.75 Å². The van der Waals surface area contributed by atoms with Gasteiger partial charge in [-0.2, -0.15) is 0 Å². The molecule has 2 heterocycles. The van der Waals surface area contributed by atoms with Crippen LogP contribution in [0.3, 0.4) is 0 Å². The molecule has 1 saturated heterocycles. The van der Waals surface area contributed by atoms with Crippen molar-refractivity contribution in [1.82, 2.24) is 9.88 Å². The first-order chi connectivity index (χ1) is 13.9. The van der Waals surface area contributed by atoms with Crippen LogP contribution >= 0.6 is 0 Å². The summed E-state index contributed by atoms with van der Waals surface area (Å²) < 4.78 is 1.76. The van der Waals surface area contributed by atoms with E-state index in [0.29, 0.717) is 11.4 Å². The van der Waals surface area contributed by atoms with E-state index < -0.39 is 17.8 Å². The predicted molar refractivity (Wildman–Crippen MR) is 108 cm³/mol. The molecule has 1 aliphatic rings. The van der Waals surface area contributed by atoms with Crippen LogP contribution in [0, 0.1) is 6.92 Å². The summed E-state index contributed by atoms with van der Waals surface area (Å²) in [6, 6.07) is 16.2. The van der Waals surface area contributed by atoms with E-state index in [-0.39, 0.29) is 11.3 Å². The lowest BCUT2D eigenvalue weighted by atomic mass is 10.1. The Hall–Kier alpha value is -4.13. The minimum atomic E-state index is -0.781. The highest BCUT2D eigenvalue weighted by atomic mass is 16.3. The minimum Gasteiger partial charge on any atom is -0.508 e. The summed E-state index contributed by atoms with van der Waals surface area (Å²) in [5, 5.41) is 11.7. The highest BCUT2D eigenvalue weighted by Crippen LogP contribution is 2.24. The van der Waals surface area contributed by atoms with E-state index in [9.17, 15) is 19.5 Å². The molecule has 144 valence electrons. The minimum absolute atomic E-state index is 0.134. The van der Waals surface area contributed by atoms with Crippen molar-refractivity contribution in [2.75, 3.05) is 4.90 Å². The number of rotatable bonds is 3. The number of aromatic hydroxyl groups is 1. The first-order valence-electron chi connectivity index (χ1n) is 8.89. The van der Waals surface area contributed by atoms with Gasteiger partial charge in [0.1, 0.15) is 11.3 Å². The Kier molecular flexibility index (Phi) is 4.48. The van der Waals surface area contributed by atoms with Gasteiger partial charge in [-0.15, -0.1) is 0 Å². The number of phenols is 1. The number of hydrogen-bond acceptors (Lipinski definition) is 4. The second-order valence-corrected chi connectivity index (χ2v) is 6.62. The lowest BCUT2D eigenvalue weighted by Gasteiger charge is -2.26. The molecule has 7 heteroatoms. The summed E-state index contributed by atoms with van der Waals surface area (Å²) in [4.78, 5) is 38.7. The Morgan fingerprint density at radius 3 is 2.41 bits per heavy atom. The maximum Gasteiger partial charge on any atom is 0.335 e. The number of carbonyl (C=O) groups is 3. The zero-order chi connectivity index (χ0) is 20.5. The normalized spacial score (nSPS) is 15.7. The van der Waals surface area contributed by atoms with Crippen molar-refractivity contribution in [2.24, 2.45) is 0 Å². The first-order valence-corrected chi connectivity index (χ1v) is 8.89. The number of imide groups is 2. The van der Waals surface area contributed by atoms with Gasteiger partial charge in [0.15, 0.2) is 0 Å². The lowest BCUT2D eigenvalue weighted by molar-refractivity contribution is -0.122. The Bertz CT molecular complexity index is 1160. The van der Waals surface area contributed by atoms with Crippen LogP contribution in [-0.2, 0) is 9.59 Å². The zero-order valence-electron chi connectivity index (χ0n) is 15.5. The average molecular weight is 387 g/mol. The molecule has 0 radical (unpaired) electrons. The van der Waals surface area contributed by atoms with Gasteiger partial charge < -0.3 is 9.67 Å². The van der Waals surface area contributed by atoms with E-state index in [2.05, 4.69) is 5.32 Å². The van der Waals surface area contributed by atoms with Crippen LogP contribution in [0.4, 0.5) is 10.5 Å². The third-order valence-corrected chi connectivity index (χ3v) is 4.56. The molecule has 1 aromatic heterocycles. The molecule has 0 atom stereocenters. The first kappa shape index (κ1) is 18.2. The topological polar surface area (TPSA) is 91.6 Å². The second kappa shape index (κ2) is 7.12. The summed E-state index contributed by atoms with van der Waals surface area (Å²) in [5.41, 5.74) is 2.44. The highest BCUT2D eigenvalue weighted by Gasteiger charge is 2.37. The van der Waals surface area contributed by atoms with E-state index in [0.717, 1.165) is 16.2 Å².